The molecule has 1 amide bonds. The quantitative estimate of drug-likeness (QED) is 0.633. The molecule has 0 atom stereocenters. The van der Waals surface area contributed by atoms with Gasteiger partial charge in [-0.25, -0.2) is 0 Å². The first-order valence-electron chi connectivity index (χ1n) is 5.33. The summed E-state index contributed by atoms with van der Waals surface area (Å²) in [5.41, 5.74) is 0. The van der Waals surface area contributed by atoms with E-state index in [-0.39, 0.29) is 12.5 Å². The van der Waals surface area contributed by atoms with Gasteiger partial charge >= 0.3 is 0 Å². The Bertz CT molecular complexity index is 181. The number of carbonyl (C=O) groups is 1. The minimum absolute atomic E-state index is 0.0647. The monoisotopic (exact) mass is 200 g/mol. The van der Waals surface area contributed by atoms with Gasteiger partial charge in [-0.2, -0.15) is 0 Å². The number of nitrogens with one attached hydrogen (secondary N) is 1. The Hall–Kier alpha value is -0.610. The van der Waals surface area contributed by atoms with Crippen molar-refractivity contribution in [2.24, 2.45) is 0 Å². The third-order valence-electron chi connectivity index (χ3n) is 2.82. The van der Waals surface area contributed by atoms with Gasteiger partial charge in [0.1, 0.15) is 0 Å². The molecule has 0 heterocycles. The summed E-state index contributed by atoms with van der Waals surface area (Å²) in [5, 5.41) is 11.4. The van der Waals surface area contributed by atoms with Gasteiger partial charge in [0.2, 0.25) is 5.91 Å². The van der Waals surface area contributed by atoms with Crippen LogP contribution in [-0.4, -0.2) is 48.7 Å². The van der Waals surface area contributed by atoms with E-state index in [1.165, 1.54) is 19.3 Å². The standard InChI is InChI=1S/C10H20N2O2/c1-11-10(14)8-12(6-3-7-13)9-4-2-5-9/h9,13H,2-8H2,1H3,(H,11,14). The number of hydrogen-bond donors (Lipinski definition) is 2. The molecule has 1 saturated carbocycles. The van der Waals surface area contributed by atoms with Gasteiger partial charge in [0.15, 0.2) is 0 Å². The van der Waals surface area contributed by atoms with Crippen LogP contribution in [0.1, 0.15) is 25.7 Å². The molecule has 0 saturated heterocycles. The molecule has 1 rings (SSSR count). The molecule has 0 radical (unpaired) electrons. The van der Waals surface area contributed by atoms with Crippen LogP contribution in [0.2, 0.25) is 0 Å². The topological polar surface area (TPSA) is 52.6 Å². The number of amides is 1. The van der Waals surface area contributed by atoms with E-state index in [0.29, 0.717) is 12.6 Å². The fraction of sp³-hybridized carbons (Fsp3) is 0.900. The lowest BCUT2D eigenvalue weighted by molar-refractivity contribution is -0.122. The molecule has 14 heavy (non-hydrogen) atoms. The first kappa shape index (κ1) is 11.5. The summed E-state index contributed by atoms with van der Waals surface area (Å²) in [4.78, 5) is 13.4. The van der Waals surface area contributed by atoms with Crippen molar-refractivity contribution < 1.29 is 9.90 Å². The lowest BCUT2D eigenvalue weighted by Crippen LogP contribution is -2.45. The number of carbonyl (C=O) groups excluding carboxylic acids is 1. The summed E-state index contributed by atoms with van der Waals surface area (Å²) >= 11 is 0. The van der Waals surface area contributed by atoms with Crippen LogP contribution < -0.4 is 5.32 Å². The van der Waals surface area contributed by atoms with Crippen molar-refractivity contribution in [2.45, 2.75) is 31.7 Å². The second-order valence-corrected chi connectivity index (χ2v) is 3.81. The molecule has 4 heteroatoms. The van der Waals surface area contributed by atoms with Gasteiger partial charge in [-0.1, -0.05) is 6.42 Å². The second-order valence-electron chi connectivity index (χ2n) is 3.81. The summed E-state index contributed by atoms with van der Waals surface area (Å²) in [7, 11) is 1.66. The summed E-state index contributed by atoms with van der Waals surface area (Å²) in [6, 6.07) is 0.568. The predicted molar refractivity (Wildman–Crippen MR) is 55.0 cm³/mol. The van der Waals surface area contributed by atoms with Crippen LogP contribution in [0.3, 0.4) is 0 Å². The zero-order valence-electron chi connectivity index (χ0n) is 8.83. The van der Waals surface area contributed by atoms with Crippen LogP contribution in [-0.2, 0) is 4.79 Å². The molecule has 0 aliphatic heterocycles. The van der Waals surface area contributed by atoms with Gasteiger partial charge in [0.25, 0.3) is 0 Å². The zero-order valence-corrected chi connectivity index (χ0v) is 8.83. The van der Waals surface area contributed by atoms with E-state index in [2.05, 4.69) is 10.2 Å². The average Bonchev–Trinajstić information content (AvgIpc) is 2.11. The Morgan fingerprint density at radius 1 is 1.57 bits per heavy atom. The summed E-state index contributed by atoms with van der Waals surface area (Å²) in [6.45, 7) is 1.51. The summed E-state index contributed by atoms with van der Waals surface area (Å²) in [6.07, 6.45) is 4.42. The van der Waals surface area contributed by atoms with E-state index in [1.807, 2.05) is 0 Å². The highest BCUT2D eigenvalue weighted by Crippen LogP contribution is 2.24. The fourth-order valence-electron chi connectivity index (χ4n) is 1.68. The van der Waals surface area contributed by atoms with Crippen molar-refractivity contribution in [3.05, 3.63) is 0 Å². The number of nitrogens with zero attached hydrogens (tertiary/aromatic N) is 1. The third-order valence-corrected chi connectivity index (χ3v) is 2.82. The number of aliphatic hydroxyl groups excluding tert-OH is 1. The normalized spacial score (nSPS) is 16.8. The number of likely N-dealkylation sites (N-methyl/N-ethyl adjacent to an activating group) is 1. The lowest BCUT2D eigenvalue weighted by atomic mass is 9.91. The smallest absolute Gasteiger partial charge is 0.233 e. The molecule has 1 fully saturated rings. The number of aliphatic hydroxyl groups is 1. The molecule has 0 bridgehead atoms. The Morgan fingerprint density at radius 2 is 2.29 bits per heavy atom. The van der Waals surface area contributed by atoms with Crippen LogP contribution in [0.15, 0.2) is 0 Å². The maximum atomic E-state index is 11.2. The molecule has 0 unspecified atom stereocenters. The lowest BCUT2D eigenvalue weighted by Gasteiger charge is -2.36. The highest BCUT2D eigenvalue weighted by atomic mass is 16.3. The van der Waals surface area contributed by atoms with E-state index in [4.69, 9.17) is 5.11 Å². The van der Waals surface area contributed by atoms with E-state index in [1.54, 1.807) is 7.05 Å². The van der Waals surface area contributed by atoms with Crippen LogP contribution in [0.25, 0.3) is 0 Å². The highest BCUT2D eigenvalue weighted by Gasteiger charge is 2.25. The molecule has 1 aliphatic carbocycles. The Morgan fingerprint density at radius 3 is 2.71 bits per heavy atom. The van der Waals surface area contributed by atoms with Crippen molar-refractivity contribution in [3.63, 3.8) is 0 Å². The average molecular weight is 200 g/mol. The van der Waals surface area contributed by atoms with Crippen LogP contribution in [0, 0.1) is 0 Å². The van der Waals surface area contributed by atoms with E-state index >= 15 is 0 Å². The molecular formula is C10H20N2O2. The van der Waals surface area contributed by atoms with Crippen LogP contribution >= 0.6 is 0 Å². The zero-order chi connectivity index (χ0) is 10.4. The van der Waals surface area contributed by atoms with E-state index in [0.717, 1.165) is 13.0 Å². The first-order chi connectivity index (χ1) is 6.77. The van der Waals surface area contributed by atoms with Crippen molar-refractivity contribution in [2.75, 3.05) is 26.7 Å². The van der Waals surface area contributed by atoms with E-state index < -0.39 is 0 Å². The largest absolute Gasteiger partial charge is 0.396 e. The van der Waals surface area contributed by atoms with Gasteiger partial charge in [0, 0.05) is 26.2 Å². The van der Waals surface area contributed by atoms with Crippen molar-refractivity contribution >= 4 is 5.91 Å². The van der Waals surface area contributed by atoms with Crippen LogP contribution in [0.5, 0.6) is 0 Å². The van der Waals surface area contributed by atoms with Gasteiger partial charge in [-0.15, -0.1) is 0 Å². The second kappa shape index (κ2) is 5.98. The van der Waals surface area contributed by atoms with E-state index in [9.17, 15) is 4.79 Å². The molecule has 4 nitrogen and oxygen atoms in total. The summed E-state index contributed by atoms with van der Waals surface area (Å²) in [5.74, 6) is 0.0647. The molecule has 0 aromatic carbocycles. The first-order valence-corrected chi connectivity index (χ1v) is 5.33. The highest BCUT2D eigenvalue weighted by molar-refractivity contribution is 5.77. The molecule has 0 aromatic heterocycles. The minimum atomic E-state index is 0.0647. The third kappa shape index (κ3) is 3.27. The van der Waals surface area contributed by atoms with Crippen molar-refractivity contribution in [1.29, 1.82) is 0 Å². The minimum Gasteiger partial charge on any atom is -0.396 e. The molecule has 82 valence electrons. The van der Waals surface area contributed by atoms with Gasteiger partial charge in [-0.05, 0) is 19.3 Å². The molecule has 0 aromatic rings. The molecule has 0 spiro atoms. The predicted octanol–water partition coefficient (Wildman–Crippen LogP) is -0.0307. The number of hydrogen-bond acceptors (Lipinski definition) is 3. The SMILES string of the molecule is CNC(=O)CN(CCCO)C1CCC1. The Balaban J connectivity index is 2.31. The van der Waals surface area contributed by atoms with Crippen molar-refractivity contribution in [1.82, 2.24) is 10.2 Å². The van der Waals surface area contributed by atoms with Gasteiger partial charge in [-0.3, -0.25) is 9.69 Å². The maximum Gasteiger partial charge on any atom is 0.233 e. The van der Waals surface area contributed by atoms with Gasteiger partial charge in [0.05, 0.1) is 6.54 Å². The Kier molecular flexibility index (Phi) is 4.90. The Labute approximate surface area is 85.3 Å². The molecular weight excluding hydrogens is 180 g/mol. The maximum absolute atomic E-state index is 11.2. The molecule has 1 aliphatic rings. The molecule has 2 N–H and O–H groups in total. The van der Waals surface area contributed by atoms with Gasteiger partial charge < -0.3 is 10.4 Å². The summed E-state index contributed by atoms with van der Waals surface area (Å²) < 4.78 is 0. The number of rotatable bonds is 6. The fourth-order valence-corrected chi connectivity index (χ4v) is 1.68. The van der Waals surface area contributed by atoms with Crippen LogP contribution in [0.4, 0.5) is 0 Å². The van der Waals surface area contributed by atoms with Crippen molar-refractivity contribution in [3.8, 4) is 0 Å².